The molecule has 0 aliphatic heterocycles. The van der Waals surface area contributed by atoms with Gasteiger partial charge in [0.25, 0.3) is 0 Å². The van der Waals surface area contributed by atoms with Crippen LogP contribution in [0.25, 0.3) is 6.08 Å². The van der Waals surface area contributed by atoms with Crippen LogP contribution in [0.2, 0.25) is 0 Å². The summed E-state index contributed by atoms with van der Waals surface area (Å²) in [5.41, 5.74) is 3.76. The largest absolute Gasteiger partial charge is 0.390 e. The minimum absolute atomic E-state index is 0.101. The van der Waals surface area contributed by atoms with Gasteiger partial charge in [0.05, 0.1) is 18.6 Å². The molecule has 132 valence electrons. The van der Waals surface area contributed by atoms with E-state index in [9.17, 15) is 4.79 Å². The molecular formula is C20H20N4O2. The summed E-state index contributed by atoms with van der Waals surface area (Å²) in [7, 11) is 0. The van der Waals surface area contributed by atoms with Crippen molar-refractivity contribution in [2.45, 2.75) is 20.1 Å². The molecule has 1 amide bonds. The lowest BCUT2D eigenvalue weighted by Crippen LogP contribution is -2.08. The number of carbonyl (C=O) groups excluding carboxylic acids is 1. The Balaban J connectivity index is 1.57. The normalized spacial score (nSPS) is 11.0. The number of anilines is 1. The van der Waals surface area contributed by atoms with Gasteiger partial charge in [-0.3, -0.25) is 9.78 Å². The van der Waals surface area contributed by atoms with Crippen LogP contribution in [0, 0.1) is 6.92 Å². The van der Waals surface area contributed by atoms with E-state index in [1.165, 1.54) is 17.2 Å². The van der Waals surface area contributed by atoms with Gasteiger partial charge in [0.1, 0.15) is 0 Å². The summed E-state index contributed by atoms with van der Waals surface area (Å²) in [4.78, 5) is 20.3. The highest BCUT2D eigenvalue weighted by Crippen LogP contribution is 2.09. The molecule has 6 heteroatoms. The lowest BCUT2D eigenvalue weighted by atomic mass is 10.1. The van der Waals surface area contributed by atoms with Crippen molar-refractivity contribution in [3.8, 4) is 0 Å². The molecule has 6 nitrogen and oxygen atoms in total. The number of aliphatic hydroxyl groups is 1. The van der Waals surface area contributed by atoms with Crippen LogP contribution >= 0.6 is 0 Å². The number of aliphatic hydroxyl groups excluding tert-OH is 1. The number of hydrogen-bond acceptors (Lipinski definition) is 4. The smallest absolute Gasteiger partial charge is 0.249 e. The third-order valence-electron chi connectivity index (χ3n) is 3.77. The molecule has 0 aliphatic rings. The zero-order valence-electron chi connectivity index (χ0n) is 14.5. The molecule has 2 aromatic heterocycles. The maximum atomic E-state index is 12.0. The van der Waals surface area contributed by atoms with Gasteiger partial charge in [-0.1, -0.05) is 35.9 Å². The summed E-state index contributed by atoms with van der Waals surface area (Å²) >= 11 is 0. The van der Waals surface area contributed by atoms with Gasteiger partial charge in [0.15, 0.2) is 5.82 Å². The van der Waals surface area contributed by atoms with Crippen LogP contribution in [-0.2, 0) is 17.9 Å². The van der Waals surface area contributed by atoms with Gasteiger partial charge in [-0.25, -0.2) is 4.98 Å². The van der Waals surface area contributed by atoms with Crippen molar-refractivity contribution in [2.75, 3.05) is 5.32 Å². The van der Waals surface area contributed by atoms with Gasteiger partial charge < -0.3 is 15.0 Å². The monoisotopic (exact) mass is 348 g/mol. The number of amides is 1. The predicted octanol–water partition coefficient (Wildman–Crippen LogP) is 2.78. The number of aryl methyl sites for hydroxylation is 1. The third kappa shape index (κ3) is 4.87. The number of carbonyl (C=O) groups is 1. The lowest BCUT2D eigenvalue weighted by Gasteiger charge is -2.03. The van der Waals surface area contributed by atoms with Crippen molar-refractivity contribution in [1.82, 2.24) is 14.5 Å². The first kappa shape index (κ1) is 17.6. The topological polar surface area (TPSA) is 80.0 Å². The van der Waals surface area contributed by atoms with Crippen LogP contribution in [0.3, 0.4) is 0 Å². The van der Waals surface area contributed by atoms with E-state index in [1.54, 1.807) is 36.9 Å². The standard InChI is InChI=1S/C20H20N4O2/c1-15-3-2-4-17(9-15)11-24-12-19(22-14-24)23-20(26)8-6-16-5-7-18(13-25)21-10-16/h2-10,12,14,25H,11,13H2,1H3,(H,23,26)/b8-6+. The lowest BCUT2D eigenvalue weighted by molar-refractivity contribution is -0.111. The summed E-state index contributed by atoms with van der Waals surface area (Å²) in [6, 6.07) is 11.8. The van der Waals surface area contributed by atoms with E-state index >= 15 is 0 Å². The van der Waals surface area contributed by atoms with Crippen molar-refractivity contribution in [2.24, 2.45) is 0 Å². The molecule has 2 heterocycles. The van der Waals surface area contributed by atoms with Crippen molar-refractivity contribution >= 4 is 17.8 Å². The number of nitrogens with one attached hydrogen (secondary N) is 1. The fourth-order valence-corrected chi connectivity index (χ4v) is 2.50. The zero-order valence-corrected chi connectivity index (χ0v) is 14.5. The van der Waals surface area contributed by atoms with Crippen LogP contribution in [0.1, 0.15) is 22.4 Å². The Labute approximate surface area is 151 Å². The molecule has 0 bridgehead atoms. The van der Waals surface area contributed by atoms with E-state index in [-0.39, 0.29) is 12.5 Å². The first-order valence-corrected chi connectivity index (χ1v) is 8.24. The molecule has 0 radical (unpaired) electrons. The fraction of sp³-hybridized carbons (Fsp3) is 0.150. The summed E-state index contributed by atoms with van der Waals surface area (Å²) < 4.78 is 1.92. The zero-order chi connectivity index (χ0) is 18.4. The van der Waals surface area contributed by atoms with Gasteiger partial charge in [0.2, 0.25) is 5.91 Å². The molecule has 0 spiro atoms. The van der Waals surface area contributed by atoms with Crippen molar-refractivity contribution in [3.05, 3.63) is 83.6 Å². The Hall–Kier alpha value is -3.25. The van der Waals surface area contributed by atoms with Crippen molar-refractivity contribution in [1.29, 1.82) is 0 Å². The summed E-state index contributed by atoms with van der Waals surface area (Å²) in [6.45, 7) is 2.65. The average Bonchev–Trinajstić information content (AvgIpc) is 3.07. The van der Waals surface area contributed by atoms with Crippen molar-refractivity contribution in [3.63, 3.8) is 0 Å². The molecule has 0 aliphatic carbocycles. The molecule has 0 fully saturated rings. The number of pyridine rings is 1. The second kappa shape index (κ2) is 8.22. The van der Waals surface area contributed by atoms with E-state index in [1.807, 2.05) is 10.6 Å². The highest BCUT2D eigenvalue weighted by molar-refractivity contribution is 6.01. The van der Waals surface area contributed by atoms with Crippen LogP contribution in [-0.4, -0.2) is 25.5 Å². The van der Waals surface area contributed by atoms with E-state index in [0.29, 0.717) is 18.1 Å². The molecule has 3 rings (SSSR count). The Morgan fingerprint density at radius 3 is 2.88 bits per heavy atom. The molecule has 2 N–H and O–H groups in total. The van der Waals surface area contributed by atoms with Crippen LogP contribution in [0.5, 0.6) is 0 Å². The maximum Gasteiger partial charge on any atom is 0.249 e. The van der Waals surface area contributed by atoms with E-state index in [0.717, 1.165) is 5.56 Å². The Morgan fingerprint density at radius 1 is 1.27 bits per heavy atom. The number of imidazole rings is 1. The minimum Gasteiger partial charge on any atom is -0.390 e. The van der Waals surface area contributed by atoms with Crippen LogP contribution < -0.4 is 5.32 Å². The molecule has 0 atom stereocenters. The number of rotatable bonds is 6. The summed E-state index contributed by atoms with van der Waals surface area (Å²) in [5.74, 6) is 0.234. The first-order chi connectivity index (χ1) is 12.6. The molecule has 0 unspecified atom stereocenters. The van der Waals surface area contributed by atoms with Crippen LogP contribution in [0.15, 0.2) is 61.2 Å². The average molecular weight is 348 g/mol. The van der Waals surface area contributed by atoms with E-state index < -0.39 is 0 Å². The van der Waals surface area contributed by atoms with Gasteiger partial charge in [0, 0.05) is 25.0 Å². The highest BCUT2D eigenvalue weighted by Gasteiger charge is 2.03. The number of hydrogen-bond donors (Lipinski definition) is 2. The highest BCUT2D eigenvalue weighted by atomic mass is 16.3. The first-order valence-electron chi connectivity index (χ1n) is 8.24. The fourth-order valence-electron chi connectivity index (χ4n) is 2.50. The quantitative estimate of drug-likeness (QED) is 0.671. The Morgan fingerprint density at radius 2 is 2.15 bits per heavy atom. The summed E-state index contributed by atoms with van der Waals surface area (Å²) in [5, 5.41) is 11.7. The van der Waals surface area contributed by atoms with Gasteiger partial charge in [-0.15, -0.1) is 0 Å². The van der Waals surface area contributed by atoms with Crippen molar-refractivity contribution < 1.29 is 9.90 Å². The summed E-state index contributed by atoms with van der Waals surface area (Å²) in [6.07, 6.45) is 8.18. The Kier molecular flexibility index (Phi) is 5.56. The van der Waals surface area contributed by atoms with Gasteiger partial charge in [-0.05, 0) is 30.2 Å². The number of benzene rings is 1. The molecule has 1 aromatic carbocycles. The van der Waals surface area contributed by atoms with E-state index in [2.05, 4.69) is 40.4 Å². The SMILES string of the molecule is Cc1cccc(Cn2cnc(NC(=O)/C=C/c3ccc(CO)nc3)c2)c1. The van der Waals surface area contributed by atoms with Gasteiger partial charge in [-0.2, -0.15) is 0 Å². The molecule has 0 saturated carbocycles. The second-order valence-corrected chi connectivity index (χ2v) is 5.98. The maximum absolute atomic E-state index is 12.0. The molecule has 0 saturated heterocycles. The predicted molar refractivity (Wildman–Crippen MR) is 100 cm³/mol. The Bertz CT molecular complexity index is 914. The molecular weight excluding hydrogens is 328 g/mol. The van der Waals surface area contributed by atoms with Gasteiger partial charge >= 0.3 is 0 Å². The number of aromatic nitrogens is 3. The van der Waals surface area contributed by atoms with Crippen LogP contribution in [0.4, 0.5) is 5.82 Å². The molecule has 26 heavy (non-hydrogen) atoms. The number of nitrogens with zero attached hydrogens (tertiary/aromatic N) is 3. The second-order valence-electron chi connectivity index (χ2n) is 5.98. The third-order valence-corrected chi connectivity index (χ3v) is 3.77. The molecule has 3 aromatic rings. The van der Waals surface area contributed by atoms with E-state index in [4.69, 9.17) is 5.11 Å². The minimum atomic E-state index is -0.267.